The minimum Gasteiger partial charge on any atom is -0.339 e. The summed E-state index contributed by atoms with van der Waals surface area (Å²) in [6.45, 7) is 6.97. The zero-order chi connectivity index (χ0) is 14.1. The lowest BCUT2D eigenvalue weighted by Gasteiger charge is -2.21. The predicted molar refractivity (Wildman–Crippen MR) is 74.2 cm³/mol. The zero-order valence-corrected chi connectivity index (χ0v) is 12.2. The smallest absolute Gasteiger partial charge is 0.229 e. The Labute approximate surface area is 118 Å². The number of hydrogen-bond donors (Lipinski definition) is 1. The van der Waals surface area contributed by atoms with Gasteiger partial charge in [-0.3, -0.25) is 4.68 Å². The van der Waals surface area contributed by atoms with Crippen LogP contribution in [0.4, 0.5) is 0 Å². The SMILES string of the molecule is Cc1cnn(C(C)C(C)NCc2noc(C3CC3)n2)c1. The van der Waals surface area contributed by atoms with Crippen LogP contribution in [-0.2, 0) is 6.54 Å². The van der Waals surface area contributed by atoms with Crippen LogP contribution in [0.5, 0.6) is 0 Å². The number of aryl methyl sites for hydroxylation is 1. The fourth-order valence-electron chi connectivity index (χ4n) is 2.14. The summed E-state index contributed by atoms with van der Waals surface area (Å²) in [5.41, 5.74) is 1.18. The van der Waals surface area contributed by atoms with Crippen molar-refractivity contribution >= 4 is 0 Å². The fraction of sp³-hybridized carbons (Fsp3) is 0.643. The third-order valence-corrected chi connectivity index (χ3v) is 3.86. The third-order valence-electron chi connectivity index (χ3n) is 3.86. The second kappa shape index (κ2) is 5.36. The topological polar surface area (TPSA) is 68.8 Å². The summed E-state index contributed by atoms with van der Waals surface area (Å²) in [6, 6.07) is 0.552. The van der Waals surface area contributed by atoms with Crippen molar-refractivity contribution in [2.24, 2.45) is 0 Å². The largest absolute Gasteiger partial charge is 0.339 e. The maximum Gasteiger partial charge on any atom is 0.229 e. The molecule has 0 amide bonds. The molecular weight excluding hydrogens is 254 g/mol. The molecule has 2 aromatic heterocycles. The molecule has 3 rings (SSSR count). The summed E-state index contributed by atoms with van der Waals surface area (Å²) in [6.07, 6.45) is 6.30. The van der Waals surface area contributed by atoms with Crippen LogP contribution in [0.1, 0.15) is 55.9 Å². The van der Waals surface area contributed by atoms with Gasteiger partial charge in [0.05, 0.1) is 18.8 Å². The summed E-state index contributed by atoms with van der Waals surface area (Å²) >= 11 is 0. The lowest BCUT2D eigenvalue weighted by molar-refractivity contribution is 0.350. The Morgan fingerprint density at radius 1 is 1.45 bits per heavy atom. The molecule has 0 spiro atoms. The van der Waals surface area contributed by atoms with Crippen LogP contribution < -0.4 is 5.32 Å². The second-order valence-electron chi connectivity index (χ2n) is 5.73. The monoisotopic (exact) mass is 275 g/mol. The molecule has 20 heavy (non-hydrogen) atoms. The number of nitrogens with zero attached hydrogens (tertiary/aromatic N) is 4. The molecular formula is C14H21N5O. The van der Waals surface area contributed by atoms with Gasteiger partial charge in [-0.25, -0.2) is 0 Å². The maximum atomic E-state index is 5.25. The van der Waals surface area contributed by atoms with Crippen molar-refractivity contribution in [3.05, 3.63) is 29.7 Å². The number of hydrogen-bond acceptors (Lipinski definition) is 5. The van der Waals surface area contributed by atoms with Gasteiger partial charge in [0.2, 0.25) is 5.89 Å². The molecule has 1 aliphatic rings. The Morgan fingerprint density at radius 2 is 2.25 bits per heavy atom. The molecule has 1 N–H and O–H groups in total. The molecule has 0 bridgehead atoms. The van der Waals surface area contributed by atoms with Crippen molar-refractivity contribution in [1.82, 2.24) is 25.2 Å². The van der Waals surface area contributed by atoms with Crippen molar-refractivity contribution in [2.45, 2.75) is 58.2 Å². The number of aromatic nitrogens is 4. The van der Waals surface area contributed by atoms with Gasteiger partial charge in [0, 0.05) is 18.2 Å². The van der Waals surface area contributed by atoms with Gasteiger partial charge < -0.3 is 9.84 Å². The van der Waals surface area contributed by atoms with Crippen LogP contribution in [0.15, 0.2) is 16.9 Å². The summed E-state index contributed by atoms with van der Waals surface area (Å²) in [7, 11) is 0. The van der Waals surface area contributed by atoms with Crippen molar-refractivity contribution in [3.8, 4) is 0 Å². The molecule has 6 heteroatoms. The van der Waals surface area contributed by atoms with Gasteiger partial charge in [0.15, 0.2) is 5.82 Å². The van der Waals surface area contributed by atoms with E-state index in [0.717, 1.165) is 11.7 Å². The van der Waals surface area contributed by atoms with Crippen LogP contribution >= 0.6 is 0 Å². The van der Waals surface area contributed by atoms with E-state index >= 15 is 0 Å². The third kappa shape index (κ3) is 2.90. The number of nitrogens with one attached hydrogen (secondary N) is 1. The van der Waals surface area contributed by atoms with Gasteiger partial charge in [-0.15, -0.1) is 0 Å². The van der Waals surface area contributed by atoms with E-state index in [1.807, 2.05) is 17.8 Å². The van der Waals surface area contributed by atoms with Crippen LogP contribution in [0.3, 0.4) is 0 Å². The van der Waals surface area contributed by atoms with Gasteiger partial charge >= 0.3 is 0 Å². The molecule has 0 aromatic carbocycles. The first-order valence-electron chi connectivity index (χ1n) is 7.20. The molecule has 6 nitrogen and oxygen atoms in total. The maximum absolute atomic E-state index is 5.25. The van der Waals surface area contributed by atoms with Crippen LogP contribution in [0, 0.1) is 6.92 Å². The first kappa shape index (κ1) is 13.3. The molecule has 2 heterocycles. The standard InChI is InChI=1S/C14H21N5O/c1-9-6-16-19(8-9)11(3)10(2)15-7-13-17-14(20-18-13)12-4-5-12/h6,8,10-12,15H,4-5,7H2,1-3H3. The second-order valence-corrected chi connectivity index (χ2v) is 5.73. The zero-order valence-electron chi connectivity index (χ0n) is 12.2. The van der Waals surface area contributed by atoms with E-state index in [1.54, 1.807) is 0 Å². The molecule has 108 valence electrons. The predicted octanol–water partition coefficient (Wildman–Crippen LogP) is 2.19. The van der Waals surface area contributed by atoms with Crippen LogP contribution in [-0.4, -0.2) is 26.0 Å². The van der Waals surface area contributed by atoms with Crippen LogP contribution in [0.2, 0.25) is 0 Å². The normalized spacial score (nSPS) is 18.1. The molecule has 1 fully saturated rings. The minimum atomic E-state index is 0.275. The lowest BCUT2D eigenvalue weighted by Crippen LogP contribution is -2.33. The molecule has 1 aliphatic carbocycles. The summed E-state index contributed by atoms with van der Waals surface area (Å²) in [4.78, 5) is 4.42. The van der Waals surface area contributed by atoms with E-state index in [1.165, 1.54) is 18.4 Å². The Hall–Kier alpha value is -1.69. The van der Waals surface area contributed by atoms with Crippen LogP contribution in [0.25, 0.3) is 0 Å². The summed E-state index contributed by atoms with van der Waals surface area (Å²) < 4.78 is 7.24. The van der Waals surface area contributed by atoms with E-state index in [4.69, 9.17) is 4.52 Å². The minimum absolute atomic E-state index is 0.275. The van der Waals surface area contributed by atoms with E-state index in [9.17, 15) is 0 Å². The first-order chi connectivity index (χ1) is 9.63. The molecule has 0 aliphatic heterocycles. The highest BCUT2D eigenvalue weighted by Gasteiger charge is 2.29. The molecule has 2 atom stereocenters. The lowest BCUT2D eigenvalue weighted by atomic mass is 10.2. The molecule has 0 radical (unpaired) electrons. The Morgan fingerprint density at radius 3 is 2.90 bits per heavy atom. The van der Waals surface area contributed by atoms with E-state index in [-0.39, 0.29) is 12.1 Å². The highest BCUT2D eigenvalue weighted by atomic mass is 16.5. The molecule has 0 saturated heterocycles. The molecule has 2 aromatic rings. The van der Waals surface area contributed by atoms with Gasteiger partial charge in [0.1, 0.15) is 0 Å². The van der Waals surface area contributed by atoms with Crippen molar-refractivity contribution < 1.29 is 4.52 Å². The van der Waals surface area contributed by atoms with Gasteiger partial charge in [-0.05, 0) is 39.2 Å². The van der Waals surface area contributed by atoms with Crippen molar-refractivity contribution in [1.29, 1.82) is 0 Å². The van der Waals surface area contributed by atoms with Crippen molar-refractivity contribution in [2.75, 3.05) is 0 Å². The highest BCUT2D eigenvalue weighted by Crippen LogP contribution is 2.38. The molecule has 1 saturated carbocycles. The van der Waals surface area contributed by atoms with E-state index in [0.29, 0.717) is 12.5 Å². The summed E-state index contributed by atoms with van der Waals surface area (Å²) in [5.74, 6) is 2.05. The quantitative estimate of drug-likeness (QED) is 0.875. The summed E-state index contributed by atoms with van der Waals surface area (Å²) in [5, 5.41) is 11.8. The Kier molecular flexibility index (Phi) is 3.56. The van der Waals surface area contributed by atoms with Crippen molar-refractivity contribution in [3.63, 3.8) is 0 Å². The van der Waals surface area contributed by atoms with Gasteiger partial charge in [-0.1, -0.05) is 5.16 Å². The van der Waals surface area contributed by atoms with Gasteiger partial charge in [0.25, 0.3) is 0 Å². The average molecular weight is 275 g/mol. The van der Waals surface area contributed by atoms with E-state index in [2.05, 4.69) is 40.6 Å². The van der Waals surface area contributed by atoms with Gasteiger partial charge in [-0.2, -0.15) is 10.1 Å². The Balaban J connectivity index is 1.53. The fourth-order valence-corrected chi connectivity index (χ4v) is 2.14. The number of rotatable bonds is 6. The average Bonchev–Trinajstić information content (AvgIpc) is 3.03. The Bertz CT molecular complexity index is 572. The first-order valence-corrected chi connectivity index (χ1v) is 7.20. The molecule has 2 unspecified atom stereocenters. The highest BCUT2D eigenvalue weighted by molar-refractivity contribution is 5.02. The van der Waals surface area contributed by atoms with E-state index < -0.39 is 0 Å².